The smallest absolute Gasteiger partial charge is 0.348 e. The minimum absolute atomic E-state index is 0.0515. The average Bonchev–Trinajstić information content (AvgIpc) is 3.36. The number of carbonyl (C=O) groups excluding carboxylic acids is 3. The lowest BCUT2D eigenvalue weighted by atomic mass is 10.2. The van der Waals surface area contributed by atoms with E-state index in [0.29, 0.717) is 16.8 Å². The van der Waals surface area contributed by atoms with Crippen LogP contribution in [-0.2, 0) is 14.3 Å². The Bertz CT molecular complexity index is 1240. The Morgan fingerprint density at radius 3 is 2.76 bits per heavy atom. The molecule has 1 aromatic carbocycles. The predicted octanol–water partition coefficient (Wildman–Crippen LogP) is 3.84. The monoisotopic (exact) mass is 485 g/mol. The van der Waals surface area contributed by atoms with E-state index in [2.05, 4.69) is 20.8 Å². The Morgan fingerprint density at radius 2 is 2.06 bits per heavy atom. The zero-order chi connectivity index (χ0) is 24.0. The molecular weight excluding hydrogens is 466 g/mol. The molecule has 0 atom stereocenters. The van der Waals surface area contributed by atoms with Gasteiger partial charge in [0.05, 0.1) is 17.9 Å². The van der Waals surface area contributed by atoms with Crippen molar-refractivity contribution >= 4 is 51.6 Å². The summed E-state index contributed by atoms with van der Waals surface area (Å²) in [4.78, 5) is 36.0. The fraction of sp³-hybridized carbons (Fsp3) is 0.238. The number of anilines is 2. The Hall–Kier alpha value is -3.69. The molecule has 0 saturated heterocycles. The first-order chi connectivity index (χ1) is 15.8. The number of nitrogens with zero attached hydrogens (tertiary/aromatic N) is 3. The topological polar surface area (TPSA) is 147 Å². The van der Waals surface area contributed by atoms with Gasteiger partial charge in [-0.1, -0.05) is 17.8 Å². The Morgan fingerprint density at radius 1 is 1.27 bits per heavy atom. The Labute approximate surface area is 197 Å². The zero-order valence-corrected chi connectivity index (χ0v) is 19.6. The van der Waals surface area contributed by atoms with Gasteiger partial charge in [0, 0.05) is 18.2 Å². The molecule has 12 heteroatoms. The molecule has 10 nitrogen and oxygen atoms in total. The van der Waals surface area contributed by atoms with Crippen molar-refractivity contribution in [3.63, 3.8) is 0 Å². The summed E-state index contributed by atoms with van der Waals surface area (Å²) in [6, 6.07) is 8.93. The number of nitriles is 1. The second-order valence-electron chi connectivity index (χ2n) is 6.56. The summed E-state index contributed by atoms with van der Waals surface area (Å²) < 4.78 is 10.6. The van der Waals surface area contributed by atoms with Gasteiger partial charge in [0.25, 0.3) is 5.22 Å². The van der Waals surface area contributed by atoms with Gasteiger partial charge in [0.1, 0.15) is 15.9 Å². The normalized spacial score (nSPS) is 10.4. The second kappa shape index (κ2) is 10.8. The summed E-state index contributed by atoms with van der Waals surface area (Å²) in [6.45, 7) is 4.94. The quantitative estimate of drug-likeness (QED) is 0.358. The molecule has 2 heterocycles. The Balaban J connectivity index is 1.64. The molecule has 3 aromatic rings. The fourth-order valence-electron chi connectivity index (χ4n) is 2.74. The van der Waals surface area contributed by atoms with Crippen molar-refractivity contribution in [1.29, 1.82) is 5.26 Å². The van der Waals surface area contributed by atoms with Crippen molar-refractivity contribution in [3.8, 4) is 17.5 Å². The largest absolute Gasteiger partial charge is 0.462 e. The lowest BCUT2D eigenvalue weighted by molar-refractivity contribution is -0.114. The maximum Gasteiger partial charge on any atom is 0.348 e. The van der Waals surface area contributed by atoms with Gasteiger partial charge in [-0.25, -0.2) is 4.79 Å². The number of hydrogen-bond donors (Lipinski definition) is 2. The third kappa shape index (κ3) is 5.97. The van der Waals surface area contributed by atoms with E-state index in [0.717, 1.165) is 23.1 Å². The van der Waals surface area contributed by atoms with Crippen molar-refractivity contribution in [2.24, 2.45) is 0 Å². The van der Waals surface area contributed by atoms with Crippen LogP contribution in [0.25, 0.3) is 11.5 Å². The molecule has 0 aliphatic carbocycles. The van der Waals surface area contributed by atoms with Gasteiger partial charge in [-0.05, 0) is 37.6 Å². The fourth-order valence-corrected chi connectivity index (χ4v) is 4.37. The highest BCUT2D eigenvalue weighted by Crippen LogP contribution is 2.33. The van der Waals surface area contributed by atoms with Crippen LogP contribution in [0, 0.1) is 18.3 Å². The van der Waals surface area contributed by atoms with E-state index in [4.69, 9.17) is 9.15 Å². The standard InChI is InChI=1S/C21H19N5O5S2/c1-4-30-20(29)17-11(2)15(9-22)19(33-17)24-16(28)10-32-21-26-25-18(31-21)13-6-5-7-14(8-13)23-12(3)27/h5-8H,4,10H2,1-3H3,(H,23,27)(H,24,28). The van der Waals surface area contributed by atoms with Crippen LogP contribution in [0.2, 0.25) is 0 Å². The summed E-state index contributed by atoms with van der Waals surface area (Å²) in [5, 5.41) is 23.1. The van der Waals surface area contributed by atoms with Crippen LogP contribution in [-0.4, -0.2) is 40.3 Å². The van der Waals surface area contributed by atoms with Crippen LogP contribution >= 0.6 is 23.1 Å². The van der Waals surface area contributed by atoms with Crippen molar-refractivity contribution < 1.29 is 23.5 Å². The first-order valence-corrected chi connectivity index (χ1v) is 11.5. The summed E-state index contributed by atoms with van der Waals surface area (Å²) >= 11 is 2.02. The number of ether oxygens (including phenoxy) is 1. The molecule has 0 spiro atoms. The molecule has 2 aromatic heterocycles. The molecule has 0 fully saturated rings. The Kier molecular flexibility index (Phi) is 7.81. The molecule has 0 aliphatic heterocycles. The molecule has 3 rings (SSSR count). The third-order valence-corrected chi connectivity index (χ3v) is 6.14. The van der Waals surface area contributed by atoms with Crippen LogP contribution in [0.15, 0.2) is 33.9 Å². The number of rotatable bonds is 8. The highest BCUT2D eigenvalue weighted by molar-refractivity contribution is 7.99. The zero-order valence-electron chi connectivity index (χ0n) is 17.9. The van der Waals surface area contributed by atoms with E-state index < -0.39 is 11.9 Å². The van der Waals surface area contributed by atoms with Gasteiger partial charge in [-0.3, -0.25) is 9.59 Å². The number of carbonyl (C=O) groups is 3. The molecule has 2 N–H and O–H groups in total. The maximum atomic E-state index is 12.4. The number of thiophene rings is 1. The lowest BCUT2D eigenvalue weighted by Crippen LogP contribution is -2.13. The third-order valence-electron chi connectivity index (χ3n) is 4.14. The molecule has 0 bridgehead atoms. The van der Waals surface area contributed by atoms with Crippen LogP contribution < -0.4 is 10.6 Å². The average molecular weight is 486 g/mol. The first-order valence-electron chi connectivity index (χ1n) is 9.67. The van der Waals surface area contributed by atoms with E-state index in [-0.39, 0.29) is 44.8 Å². The van der Waals surface area contributed by atoms with Gasteiger partial charge in [-0.2, -0.15) is 5.26 Å². The van der Waals surface area contributed by atoms with Crippen molar-refractivity contribution in [1.82, 2.24) is 10.2 Å². The summed E-state index contributed by atoms with van der Waals surface area (Å²) in [6.07, 6.45) is 0. The van der Waals surface area contributed by atoms with Crippen LogP contribution in [0.3, 0.4) is 0 Å². The number of amides is 2. The van der Waals surface area contributed by atoms with Crippen molar-refractivity contribution in [3.05, 3.63) is 40.3 Å². The van der Waals surface area contributed by atoms with Crippen LogP contribution in [0.1, 0.15) is 34.6 Å². The van der Waals surface area contributed by atoms with Crippen LogP contribution in [0.4, 0.5) is 10.7 Å². The van der Waals surface area contributed by atoms with Gasteiger partial charge in [-0.15, -0.1) is 21.5 Å². The number of aromatic nitrogens is 2. The molecule has 0 unspecified atom stereocenters. The van der Waals surface area contributed by atoms with Crippen LogP contribution in [0.5, 0.6) is 0 Å². The number of esters is 1. The molecular formula is C21H19N5O5S2. The highest BCUT2D eigenvalue weighted by Gasteiger charge is 2.22. The minimum atomic E-state index is -0.535. The molecule has 2 amide bonds. The molecule has 0 radical (unpaired) electrons. The molecule has 170 valence electrons. The van der Waals surface area contributed by atoms with Gasteiger partial charge >= 0.3 is 5.97 Å². The lowest BCUT2D eigenvalue weighted by Gasteiger charge is -2.03. The highest BCUT2D eigenvalue weighted by atomic mass is 32.2. The molecule has 0 aliphatic rings. The summed E-state index contributed by atoms with van der Waals surface area (Å²) in [5.74, 6) is -0.947. The van der Waals surface area contributed by atoms with E-state index in [9.17, 15) is 19.6 Å². The molecule has 0 saturated carbocycles. The number of benzene rings is 1. The SMILES string of the molecule is CCOC(=O)c1sc(NC(=O)CSc2nnc(-c3cccc(NC(C)=O)c3)o2)c(C#N)c1C. The van der Waals surface area contributed by atoms with Gasteiger partial charge in [0.2, 0.25) is 17.7 Å². The van der Waals surface area contributed by atoms with Gasteiger partial charge < -0.3 is 19.8 Å². The second-order valence-corrected chi connectivity index (χ2v) is 8.51. The van der Waals surface area contributed by atoms with Gasteiger partial charge in [0.15, 0.2) is 0 Å². The van der Waals surface area contributed by atoms with E-state index in [1.54, 1.807) is 38.1 Å². The maximum absolute atomic E-state index is 12.4. The number of hydrogen-bond acceptors (Lipinski definition) is 10. The van der Waals surface area contributed by atoms with Crippen molar-refractivity contribution in [2.75, 3.05) is 23.0 Å². The summed E-state index contributed by atoms with van der Waals surface area (Å²) in [5.41, 5.74) is 1.89. The van der Waals surface area contributed by atoms with E-state index >= 15 is 0 Å². The minimum Gasteiger partial charge on any atom is -0.462 e. The summed E-state index contributed by atoms with van der Waals surface area (Å²) in [7, 11) is 0. The first kappa shape index (κ1) is 24.0. The van der Waals surface area contributed by atoms with Crippen molar-refractivity contribution in [2.45, 2.75) is 26.0 Å². The van der Waals surface area contributed by atoms with E-state index in [1.807, 2.05) is 6.07 Å². The number of thioether (sulfide) groups is 1. The molecule has 33 heavy (non-hydrogen) atoms. The van der Waals surface area contributed by atoms with E-state index in [1.165, 1.54) is 6.92 Å². The number of nitrogens with one attached hydrogen (secondary N) is 2. The predicted molar refractivity (Wildman–Crippen MR) is 123 cm³/mol.